The van der Waals surface area contributed by atoms with Gasteiger partial charge in [-0.25, -0.2) is 19.9 Å². The van der Waals surface area contributed by atoms with Crippen molar-refractivity contribution in [3.05, 3.63) is 83.9 Å². The SMILES string of the molecule is CCC(O[C@@H]1[C@H](O)[C@@H](CO)O[C@H]1n1cnc2c(NC(=O)c3ccccc3)ncnc21)N1C(=O)c2ccccc2C1=O. The molecule has 0 radical (unpaired) electrons. The number of imidazole rings is 1. The summed E-state index contributed by atoms with van der Waals surface area (Å²) < 4.78 is 13.7. The summed E-state index contributed by atoms with van der Waals surface area (Å²) in [5.74, 6) is -1.22. The molecule has 0 spiro atoms. The topological polar surface area (TPSA) is 169 Å². The largest absolute Gasteiger partial charge is 0.394 e. The van der Waals surface area contributed by atoms with E-state index < -0.39 is 49.2 Å². The third-order valence-corrected chi connectivity index (χ3v) is 7.17. The number of anilines is 1. The first-order valence-electron chi connectivity index (χ1n) is 13.0. The van der Waals surface area contributed by atoms with Crippen LogP contribution < -0.4 is 5.32 Å². The molecule has 4 aromatic rings. The summed E-state index contributed by atoms with van der Waals surface area (Å²) in [5.41, 5.74) is 1.50. The lowest BCUT2D eigenvalue weighted by atomic mass is 10.1. The minimum Gasteiger partial charge on any atom is -0.394 e. The molecule has 0 saturated carbocycles. The van der Waals surface area contributed by atoms with Crippen molar-refractivity contribution in [3.8, 4) is 0 Å². The molecule has 210 valence electrons. The number of fused-ring (bicyclic) bond motifs is 2. The maximum Gasteiger partial charge on any atom is 0.263 e. The van der Waals surface area contributed by atoms with E-state index in [1.165, 1.54) is 17.2 Å². The number of nitrogens with one attached hydrogen (secondary N) is 1. The van der Waals surface area contributed by atoms with Crippen LogP contribution in [0.25, 0.3) is 11.2 Å². The van der Waals surface area contributed by atoms with Gasteiger partial charge < -0.3 is 25.0 Å². The molecule has 2 aromatic carbocycles. The van der Waals surface area contributed by atoms with Gasteiger partial charge >= 0.3 is 0 Å². The number of imide groups is 1. The number of amides is 3. The van der Waals surface area contributed by atoms with E-state index in [1.54, 1.807) is 61.5 Å². The average molecular weight is 559 g/mol. The number of hydrogen-bond donors (Lipinski definition) is 3. The molecule has 1 fully saturated rings. The highest BCUT2D eigenvalue weighted by atomic mass is 16.6. The van der Waals surface area contributed by atoms with Crippen LogP contribution in [0, 0.1) is 0 Å². The summed E-state index contributed by atoms with van der Waals surface area (Å²) in [6, 6.07) is 15.1. The minimum atomic E-state index is -1.31. The zero-order valence-electron chi connectivity index (χ0n) is 21.8. The predicted octanol–water partition coefficient (Wildman–Crippen LogP) is 1.75. The second kappa shape index (κ2) is 10.8. The van der Waals surface area contributed by atoms with Crippen LogP contribution in [-0.2, 0) is 9.47 Å². The van der Waals surface area contributed by atoms with Crippen molar-refractivity contribution in [2.75, 3.05) is 11.9 Å². The fourth-order valence-corrected chi connectivity index (χ4v) is 5.13. The number of carbonyl (C=O) groups excluding carboxylic acids is 3. The highest BCUT2D eigenvalue weighted by Gasteiger charge is 2.49. The van der Waals surface area contributed by atoms with Gasteiger partial charge in [0.15, 0.2) is 23.2 Å². The standard InChI is InChI=1S/C28H26N6O7/c1-2-19(34-26(38)16-10-6-7-11-17(16)27(34)39)41-22-21(36)18(12-35)40-28(22)33-14-31-20-23(29-13-30-24(20)33)32-25(37)15-8-4-3-5-9-15/h3-11,13-14,18-19,21-22,28,35-36H,2,12H2,1H3,(H,29,30,32,37)/t18-,19?,21-,22-,28-/m1/s1. The van der Waals surface area contributed by atoms with E-state index in [4.69, 9.17) is 9.47 Å². The van der Waals surface area contributed by atoms with Crippen LogP contribution in [0.1, 0.15) is 50.6 Å². The summed E-state index contributed by atoms with van der Waals surface area (Å²) in [6.45, 7) is 1.23. The fraction of sp³-hybridized carbons (Fsp3) is 0.286. The van der Waals surface area contributed by atoms with Gasteiger partial charge in [0, 0.05) is 5.56 Å². The Morgan fingerprint density at radius 1 is 1.05 bits per heavy atom. The molecular formula is C28H26N6O7. The smallest absolute Gasteiger partial charge is 0.263 e. The van der Waals surface area contributed by atoms with E-state index >= 15 is 0 Å². The normalized spacial score (nSPS) is 22.8. The third-order valence-electron chi connectivity index (χ3n) is 7.17. The number of aliphatic hydroxyl groups is 2. The van der Waals surface area contributed by atoms with Crippen molar-refractivity contribution in [2.24, 2.45) is 0 Å². The Morgan fingerprint density at radius 3 is 2.39 bits per heavy atom. The predicted molar refractivity (Wildman–Crippen MR) is 143 cm³/mol. The Morgan fingerprint density at radius 2 is 1.73 bits per heavy atom. The first kappa shape index (κ1) is 26.7. The maximum absolute atomic E-state index is 13.1. The van der Waals surface area contributed by atoms with E-state index in [0.717, 1.165) is 4.90 Å². The van der Waals surface area contributed by atoms with E-state index in [2.05, 4.69) is 20.3 Å². The van der Waals surface area contributed by atoms with Crippen LogP contribution in [0.5, 0.6) is 0 Å². The molecule has 2 aliphatic heterocycles. The summed E-state index contributed by atoms with van der Waals surface area (Å²) in [7, 11) is 0. The number of benzene rings is 2. The second-order valence-corrected chi connectivity index (χ2v) is 9.59. The number of rotatable bonds is 8. The Labute approximate surface area is 233 Å². The molecule has 2 aliphatic rings. The highest BCUT2D eigenvalue weighted by molar-refractivity contribution is 6.21. The average Bonchev–Trinajstić information content (AvgIpc) is 3.65. The van der Waals surface area contributed by atoms with E-state index in [9.17, 15) is 24.6 Å². The van der Waals surface area contributed by atoms with E-state index in [1.807, 2.05) is 0 Å². The number of hydrogen-bond acceptors (Lipinski definition) is 10. The number of ether oxygens (including phenoxy) is 2. The maximum atomic E-state index is 13.1. The molecule has 3 amide bonds. The number of carbonyl (C=O) groups is 3. The van der Waals surface area contributed by atoms with Crippen LogP contribution in [0.15, 0.2) is 67.3 Å². The molecule has 1 saturated heterocycles. The molecule has 1 unspecified atom stereocenters. The number of aromatic nitrogens is 4. The Balaban J connectivity index is 1.30. The lowest BCUT2D eigenvalue weighted by Gasteiger charge is -2.31. The lowest BCUT2D eigenvalue weighted by Crippen LogP contribution is -2.46. The van der Waals surface area contributed by atoms with Crippen molar-refractivity contribution in [2.45, 2.75) is 44.1 Å². The molecule has 6 rings (SSSR count). The molecule has 4 heterocycles. The monoisotopic (exact) mass is 558 g/mol. The van der Waals surface area contributed by atoms with Gasteiger partial charge in [0.2, 0.25) is 0 Å². The molecular weight excluding hydrogens is 532 g/mol. The van der Waals surface area contributed by atoms with Crippen molar-refractivity contribution >= 4 is 34.7 Å². The van der Waals surface area contributed by atoms with Crippen molar-refractivity contribution in [1.29, 1.82) is 0 Å². The van der Waals surface area contributed by atoms with Crippen LogP contribution >= 0.6 is 0 Å². The van der Waals surface area contributed by atoms with Gasteiger partial charge in [-0.1, -0.05) is 37.3 Å². The lowest BCUT2D eigenvalue weighted by molar-refractivity contribution is -0.131. The fourth-order valence-electron chi connectivity index (χ4n) is 5.13. The molecule has 2 aromatic heterocycles. The molecule has 0 aliphatic carbocycles. The quantitative estimate of drug-likeness (QED) is 0.271. The summed E-state index contributed by atoms with van der Waals surface area (Å²) >= 11 is 0. The van der Waals surface area contributed by atoms with E-state index in [-0.39, 0.29) is 40.4 Å². The van der Waals surface area contributed by atoms with Crippen molar-refractivity contribution in [1.82, 2.24) is 24.4 Å². The van der Waals surface area contributed by atoms with Gasteiger partial charge in [-0.15, -0.1) is 0 Å². The molecule has 13 nitrogen and oxygen atoms in total. The van der Waals surface area contributed by atoms with Crippen LogP contribution in [0.4, 0.5) is 5.82 Å². The van der Waals surface area contributed by atoms with Gasteiger partial charge in [-0.05, 0) is 30.7 Å². The summed E-state index contributed by atoms with van der Waals surface area (Å²) in [6.07, 6.45) is -2.68. The molecule has 13 heteroatoms. The van der Waals surface area contributed by atoms with Gasteiger partial charge in [-0.3, -0.25) is 19.0 Å². The molecule has 3 N–H and O–H groups in total. The van der Waals surface area contributed by atoms with Crippen LogP contribution in [0.3, 0.4) is 0 Å². The van der Waals surface area contributed by atoms with Gasteiger partial charge in [-0.2, -0.15) is 0 Å². The summed E-state index contributed by atoms with van der Waals surface area (Å²) in [5, 5.41) is 23.7. The second-order valence-electron chi connectivity index (χ2n) is 9.59. The first-order valence-corrected chi connectivity index (χ1v) is 13.0. The first-order chi connectivity index (χ1) is 19.9. The van der Waals surface area contributed by atoms with Crippen molar-refractivity contribution in [3.63, 3.8) is 0 Å². The Bertz CT molecular complexity index is 1590. The highest BCUT2D eigenvalue weighted by Crippen LogP contribution is 2.36. The van der Waals surface area contributed by atoms with Gasteiger partial charge in [0.05, 0.1) is 24.1 Å². The Kier molecular flexibility index (Phi) is 7.01. The molecule has 41 heavy (non-hydrogen) atoms. The molecule has 0 bridgehead atoms. The minimum absolute atomic E-state index is 0.162. The zero-order valence-corrected chi connectivity index (χ0v) is 21.8. The summed E-state index contributed by atoms with van der Waals surface area (Å²) in [4.78, 5) is 52.9. The van der Waals surface area contributed by atoms with Crippen molar-refractivity contribution < 1.29 is 34.1 Å². The van der Waals surface area contributed by atoms with E-state index in [0.29, 0.717) is 5.56 Å². The van der Waals surface area contributed by atoms with Gasteiger partial charge in [0.25, 0.3) is 17.7 Å². The van der Waals surface area contributed by atoms with Crippen LogP contribution in [0.2, 0.25) is 0 Å². The Hall–Kier alpha value is -4.56. The van der Waals surface area contributed by atoms with Gasteiger partial charge in [0.1, 0.15) is 30.9 Å². The number of aliphatic hydroxyl groups excluding tert-OH is 2. The van der Waals surface area contributed by atoms with Crippen LogP contribution in [-0.4, -0.2) is 83.5 Å². The third kappa shape index (κ3) is 4.54. The molecule has 5 atom stereocenters. The number of nitrogens with zero attached hydrogens (tertiary/aromatic N) is 5. The zero-order chi connectivity index (χ0) is 28.7.